The first-order chi connectivity index (χ1) is 16.0. The zero-order valence-corrected chi connectivity index (χ0v) is 22.0. The second-order valence-corrected chi connectivity index (χ2v) is 11.0. The van der Waals surface area contributed by atoms with Gasteiger partial charge in [0.1, 0.15) is 10.2 Å². The minimum absolute atomic E-state index is 0.00808. The summed E-state index contributed by atoms with van der Waals surface area (Å²) in [7, 11) is 0. The van der Waals surface area contributed by atoms with Crippen molar-refractivity contribution in [3.63, 3.8) is 0 Å². The topological polar surface area (TPSA) is 71.1 Å². The number of benzene rings is 2. The quantitative estimate of drug-likeness (QED) is 0.225. The molecule has 5 nitrogen and oxygen atoms in total. The lowest BCUT2D eigenvalue weighted by atomic mass is 10.1. The van der Waals surface area contributed by atoms with Crippen LogP contribution < -0.4 is 10.6 Å². The van der Waals surface area contributed by atoms with Gasteiger partial charge in [0.15, 0.2) is 0 Å². The van der Waals surface area contributed by atoms with Crippen LogP contribution in [0.1, 0.15) is 21.8 Å². The van der Waals surface area contributed by atoms with Crippen molar-refractivity contribution in [2.24, 2.45) is 5.92 Å². The third-order valence-electron chi connectivity index (χ3n) is 5.10. The number of hydrogen-bond acceptors (Lipinski definition) is 3. The standard InChI is InChI=1S/C22H12BrCl5FN3O2/c23-14-2-4-16(31-19(14)29)32-20(33)13-8-12(1-3-15(13)26)30-21(34)18-17(22(18,27)28)9-5-10(24)7-11(25)6-9/h1-8,17-18H,(H,30,34)(H,31,32,33)/t17-,18+/m1/s1. The van der Waals surface area contributed by atoms with Gasteiger partial charge in [0.25, 0.3) is 5.91 Å². The number of amides is 2. The summed E-state index contributed by atoms with van der Waals surface area (Å²) in [4.78, 5) is 29.2. The maximum absolute atomic E-state index is 13.6. The maximum Gasteiger partial charge on any atom is 0.258 e. The molecule has 12 heteroatoms. The fraction of sp³-hybridized carbons (Fsp3) is 0.136. The van der Waals surface area contributed by atoms with E-state index in [1.165, 1.54) is 30.3 Å². The number of alkyl halides is 2. The summed E-state index contributed by atoms with van der Waals surface area (Å²) in [6.07, 6.45) is 0. The normalized spacial score (nSPS) is 18.3. The van der Waals surface area contributed by atoms with E-state index in [4.69, 9.17) is 58.0 Å². The first kappa shape index (κ1) is 25.5. The van der Waals surface area contributed by atoms with E-state index < -0.39 is 33.9 Å². The van der Waals surface area contributed by atoms with Gasteiger partial charge in [-0.3, -0.25) is 9.59 Å². The van der Waals surface area contributed by atoms with E-state index in [9.17, 15) is 14.0 Å². The van der Waals surface area contributed by atoms with E-state index in [2.05, 4.69) is 31.5 Å². The third kappa shape index (κ3) is 5.30. The minimum atomic E-state index is -1.36. The molecule has 1 aliphatic rings. The van der Waals surface area contributed by atoms with Crippen molar-refractivity contribution >= 4 is 97.3 Å². The molecule has 0 saturated heterocycles. The minimum Gasteiger partial charge on any atom is -0.326 e. The Kier molecular flexibility index (Phi) is 7.34. The van der Waals surface area contributed by atoms with E-state index in [-0.39, 0.29) is 26.6 Å². The highest BCUT2D eigenvalue weighted by Gasteiger charge is 2.67. The van der Waals surface area contributed by atoms with E-state index in [0.717, 1.165) is 0 Å². The molecule has 2 amide bonds. The average molecular weight is 627 g/mol. The second-order valence-electron chi connectivity index (χ2n) is 7.44. The molecule has 1 fully saturated rings. The van der Waals surface area contributed by atoms with E-state index >= 15 is 0 Å². The van der Waals surface area contributed by atoms with Gasteiger partial charge in [-0.05, 0) is 70.0 Å². The molecule has 0 radical (unpaired) electrons. The van der Waals surface area contributed by atoms with Gasteiger partial charge in [-0.15, -0.1) is 23.2 Å². The lowest BCUT2D eigenvalue weighted by molar-refractivity contribution is -0.117. The van der Waals surface area contributed by atoms with E-state index in [0.29, 0.717) is 15.6 Å². The largest absolute Gasteiger partial charge is 0.326 e. The molecule has 4 rings (SSSR count). The summed E-state index contributed by atoms with van der Waals surface area (Å²) >= 11 is 34.0. The van der Waals surface area contributed by atoms with Gasteiger partial charge >= 0.3 is 0 Å². The molecule has 34 heavy (non-hydrogen) atoms. The first-order valence-corrected chi connectivity index (χ1v) is 12.2. The van der Waals surface area contributed by atoms with Crippen molar-refractivity contribution in [2.75, 3.05) is 10.6 Å². The molecular weight excluding hydrogens is 614 g/mol. The Morgan fingerprint density at radius 1 is 0.971 bits per heavy atom. The molecular formula is C22H12BrCl5FN3O2. The number of anilines is 2. The summed E-state index contributed by atoms with van der Waals surface area (Å²) in [6.45, 7) is 0. The van der Waals surface area contributed by atoms with Crippen LogP contribution >= 0.6 is 73.9 Å². The summed E-state index contributed by atoms with van der Waals surface area (Å²) in [5.41, 5.74) is 0.961. The zero-order valence-electron chi connectivity index (χ0n) is 16.7. The van der Waals surface area contributed by atoms with Gasteiger partial charge in [-0.2, -0.15) is 4.39 Å². The molecule has 2 atom stereocenters. The van der Waals surface area contributed by atoms with Gasteiger partial charge < -0.3 is 10.6 Å². The number of rotatable bonds is 5. The summed E-state index contributed by atoms with van der Waals surface area (Å²) < 4.78 is 12.4. The summed E-state index contributed by atoms with van der Waals surface area (Å²) in [6, 6.07) is 12.0. The van der Waals surface area contributed by atoms with Crippen molar-refractivity contribution in [1.82, 2.24) is 4.98 Å². The number of carbonyl (C=O) groups excluding carboxylic acids is 2. The number of halogens is 7. The molecule has 0 unspecified atom stereocenters. The van der Waals surface area contributed by atoms with Crippen molar-refractivity contribution < 1.29 is 14.0 Å². The van der Waals surface area contributed by atoms with Crippen LogP contribution in [0.15, 0.2) is 53.0 Å². The van der Waals surface area contributed by atoms with Gasteiger partial charge in [-0.1, -0.05) is 34.8 Å². The van der Waals surface area contributed by atoms with Gasteiger partial charge in [0.2, 0.25) is 11.9 Å². The van der Waals surface area contributed by atoms with Crippen molar-refractivity contribution in [3.8, 4) is 0 Å². The smallest absolute Gasteiger partial charge is 0.258 e. The second kappa shape index (κ2) is 9.80. The lowest BCUT2D eigenvalue weighted by Crippen LogP contribution is -2.18. The van der Waals surface area contributed by atoms with Crippen LogP contribution in [0.25, 0.3) is 0 Å². The van der Waals surface area contributed by atoms with Crippen LogP contribution in [0.4, 0.5) is 15.9 Å². The Balaban J connectivity index is 1.51. The zero-order chi connectivity index (χ0) is 24.8. The first-order valence-electron chi connectivity index (χ1n) is 9.55. The van der Waals surface area contributed by atoms with Crippen LogP contribution in [-0.2, 0) is 4.79 Å². The molecule has 3 aromatic rings. The van der Waals surface area contributed by atoms with Crippen LogP contribution in [0.2, 0.25) is 15.1 Å². The molecule has 0 bridgehead atoms. The Morgan fingerprint density at radius 2 is 1.65 bits per heavy atom. The number of carbonyl (C=O) groups is 2. The highest BCUT2D eigenvalue weighted by Crippen LogP contribution is 2.65. The highest BCUT2D eigenvalue weighted by atomic mass is 79.9. The number of nitrogens with one attached hydrogen (secondary N) is 2. The van der Waals surface area contributed by atoms with Crippen molar-refractivity contribution in [3.05, 3.63) is 85.1 Å². The number of aromatic nitrogens is 1. The van der Waals surface area contributed by atoms with E-state index in [1.54, 1.807) is 18.2 Å². The molecule has 2 N–H and O–H groups in total. The molecule has 1 saturated carbocycles. The fourth-order valence-corrected chi connectivity index (χ4v) is 5.29. The van der Waals surface area contributed by atoms with Crippen LogP contribution in [0.3, 0.4) is 0 Å². The van der Waals surface area contributed by atoms with Crippen molar-refractivity contribution in [1.29, 1.82) is 0 Å². The fourth-order valence-electron chi connectivity index (χ4n) is 3.49. The lowest BCUT2D eigenvalue weighted by Gasteiger charge is -2.10. The molecule has 0 spiro atoms. The van der Waals surface area contributed by atoms with Crippen LogP contribution in [0, 0.1) is 11.9 Å². The molecule has 0 aliphatic heterocycles. The van der Waals surface area contributed by atoms with Crippen molar-refractivity contribution in [2.45, 2.75) is 10.3 Å². The maximum atomic E-state index is 13.6. The van der Waals surface area contributed by atoms with E-state index in [1.807, 2.05) is 0 Å². The summed E-state index contributed by atoms with van der Waals surface area (Å²) in [5, 5.41) is 6.07. The Bertz CT molecular complexity index is 1300. The average Bonchev–Trinajstić information content (AvgIpc) is 3.33. The number of nitrogens with zero attached hydrogens (tertiary/aromatic N) is 1. The Hall–Kier alpha value is -1.61. The van der Waals surface area contributed by atoms with Gasteiger partial charge in [-0.25, -0.2) is 4.98 Å². The van der Waals surface area contributed by atoms with Gasteiger partial charge in [0.05, 0.1) is 21.0 Å². The monoisotopic (exact) mass is 623 g/mol. The number of hydrogen-bond donors (Lipinski definition) is 2. The van der Waals surface area contributed by atoms with Crippen LogP contribution in [0.5, 0.6) is 0 Å². The molecule has 1 heterocycles. The van der Waals surface area contributed by atoms with Crippen LogP contribution in [-0.4, -0.2) is 21.1 Å². The highest BCUT2D eigenvalue weighted by molar-refractivity contribution is 9.10. The summed E-state index contributed by atoms with van der Waals surface area (Å²) in [5.74, 6) is -3.20. The predicted molar refractivity (Wildman–Crippen MR) is 137 cm³/mol. The predicted octanol–water partition coefficient (Wildman–Crippen LogP) is 7.72. The third-order valence-corrected chi connectivity index (χ3v) is 7.40. The Labute approximate surface area is 227 Å². The number of pyridine rings is 1. The molecule has 1 aromatic heterocycles. The Morgan fingerprint density at radius 3 is 2.29 bits per heavy atom. The SMILES string of the molecule is O=C(Nc1ccc(Br)c(F)n1)c1cc(NC(=O)[C@@H]2[C@@H](c3cc(Cl)cc(Cl)c3)C2(Cl)Cl)ccc1Cl. The van der Waals surface area contributed by atoms with Gasteiger partial charge in [0, 0.05) is 21.7 Å². The molecule has 2 aromatic carbocycles. The molecule has 176 valence electrons. The molecule has 1 aliphatic carbocycles.